The van der Waals surface area contributed by atoms with Crippen molar-refractivity contribution < 1.29 is 0 Å². The standard InChI is InChI=1S/C18H30.C10H8/c1-2-3-4-5-6-7-8-9-10-12-15-18-16-13-11-14-17-18;1-2-6-10-8-4-3-7-9(10)5-1/h11,13-14,16-17H,2-10,12,15H2,1H3;1-8H. The third-order valence-corrected chi connectivity index (χ3v) is 5.32. The number of fused-ring (bicyclic) bond motifs is 1. The van der Waals surface area contributed by atoms with E-state index in [0.29, 0.717) is 0 Å². The summed E-state index contributed by atoms with van der Waals surface area (Å²) in [5.74, 6) is 0. The maximum absolute atomic E-state index is 2.28. The van der Waals surface area contributed by atoms with Crippen LogP contribution in [-0.2, 0) is 6.42 Å². The van der Waals surface area contributed by atoms with E-state index in [9.17, 15) is 0 Å². The summed E-state index contributed by atoms with van der Waals surface area (Å²) < 4.78 is 0. The quantitative estimate of drug-likeness (QED) is 0.294. The number of benzene rings is 3. The lowest BCUT2D eigenvalue weighted by Gasteiger charge is -2.03. The van der Waals surface area contributed by atoms with Crippen molar-refractivity contribution in [2.75, 3.05) is 0 Å². The molecule has 0 unspecified atom stereocenters. The molecule has 3 rings (SSSR count). The highest BCUT2D eigenvalue weighted by Crippen LogP contribution is 2.12. The Labute approximate surface area is 173 Å². The fourth-order valence-electron chi connectivity index (χ4n) is 3.59. The minimum absolute atomic E-state index is 1.26. The molecule has 0 fully saturated rings. The minimum Gasteiger partial charge on any atom is -0.0654 e. The molecule has 0 nitrogen and oxygen atoms in total. The molecule has 0 bridgehead atoms. The van der Waals surface area contributed by atoms with Gasteiger partial charge in [-0.15, -0.1) is 0 Å². The van der Waals surface area contributed by atoms with E-state index < -0.39 is 0 Å². The molecule has 0 saturated heterocycles. The van der Waals surface area contributed by atoms with Gasteiger partial charge in [0.05, 0.1) is 0 Å². The molecular weight excluding hydrogens is 336 g/mol. The fourth-order valence-corrected chi connectivity index (χ4v) is 3.59. The SMILES string of the molecule is CCCCCCCCCCCCc1ccccc1.c1ccc2ccccc2c1. The molecule has 0 atom stereocenters. The minimum atomic E-state index is 1.26. The molecule has 28 heavy (non-hydrogen) atoms. The highest BCUT2D eigenvalue weighted by Gasteiger charge is 1.94. The average molecular weight is 375 g/mol. The Morgan fingerprint density at radius 1 is 0.429 bits per heavy atom. The van der Waals surface area contributed by atoms with Crippen molar-refractivity contribution in [3.05, 3.63) is 84.4 Å². The van der Waals surface area contributed by atoms with Crippen LogP contribution in [0.2, 0.25) is 0 Å². The summed E-state index contributed by atoms with van der Waals surface area (Å²) >= 11 is 0. The topological polar surface area (TPSA) is 0 Å². The molecule has 0 radical (unpaired) electrons. The average Bonchev–Trinajstić information content (AvgIpc) is 2.76. The molecule has 0 aliphatic rings. The normalized spacial score (nSPS) is 10.5. The highest BCUT2D eigenvalue weighted by molar-refractivity contribution is 5.81. The van der Waals surface area contributed by atoms with E-state index in [2.05, 4.69) is 85.8 Å². The number of hydrogen-bond donors (Lipinski definition) is 0. The van der Waals surface area contributed by atoms with Crippen molar-refractivity contribution in [3.63, 3.8) is 0 Å². The smallest absolute Gasteiger partial charge is 0.0184 e. The van der Waals surface area contributed by atoms with Gasteiger partial charge in [-0.2, -0.15) is 0 Å². The Bertz CT molecular complexity index is 664. The molecule has 3 aromatic carbocycles. The van der Waals surface area contributed by atoms with Gasteiger partial charge in [-0.3, -0.25) is 0 Å². The van der Waals surface area contributed by atoms with Crippen molar-refractivity contribution in [2.45, 2.75) is 77.6 Å². The summed E-state index contributed by atoms with van der Waals surface area (Å²) in [6, 6.07) is 27.6. The van der Waals surface area contributed by atoms with Crippen LogP contribution in [0.3, 0.4) is 0 Å². The molecule has 0 aliphatic carbocycles. The second-order valence-corrected chi connectivity index (χ2v) is 7.76. The molecular formula is C28H38. The summed E-state index contributed by atoms with van der Waals surface area (Å²) in [5, 5.41) is 2.62. The predicted molar refractivity (Wildman–Crippen MR) is 126 cm³/mol. The molecule has 0 amide bonds. The lowest BCUT2D eigenvalue weighted by molar-refractivity contribution is 0.556. The van der Waals surface area contributed by atoms with Crippen molar-refractivity contribution in [3.8, 4) is 0 Å². The first kappa shape index (κ1) is 22.2. The molecule has 0 spiro atoms. The highest BCUT2D eigenvalue weighted by atomic mass is 14.0. The van der Waals surface area contributed by atoms with Gasteiger partial charge >= 0.3 is 0 Å². The van der Waals surface area contributed by atoms with Crippen LogP contribution in [0.4, 0.5) is 0 Å². The van der Waals surface area contributed by atoms with Gasteiger partial charge < -0.3 is 0 Å². The van der Waals surface area contributed by atoms with E-state index in [1.165, 1.54) is 87.0 Å². The second kappa shape index (κ2) is 14.9. The first-order valence-corrected chi connectivity index (χ1v) is 11.4. The maximum Gasteiger partial charge on any atom is -0.0184 e. The summed E-state index contributed by atoms with van der Waals surface area (Å²) in [4.78, 5) is 0. The van der Waals surface area contributed by atoms with Crippen LogP contribution in [0.25, 0.3) is 10.8 Å². The zero-order valence-corrected chi connectivity index (χ0v) is 17.8. The number of unbranched alkanes of at least 4 members (excludes halogenated alkanes) is 9. The Morgan fingerprint density at radius 2 is 0.821 bits per heavy atom. The van der Waals surface area contributed by atoms with Gasteiger partial charge in [0.1, 0.15) is 0 Å². The fraction of sp³-hybridized carbons (Fsp3) is 0.429. The van der Waals surface area contributed by atoms with Gasteiger partial charge in [0.2, 0.25) is 0 Å². The van der Waals surface area contributed by atoms with Gasteiger partial charge in [-0.25, -0.2) is 0 Å². The second-order valence-electron chi connectivity index (χ2n) is 7.76. The van der Waals surface area contributed by atoms with Crippen LogP contribution in [0.15, 0.2) is 78.9 Å². The van der Waals surface area contributed by atoms with E-state index in [1.807, 2.05) is 0 Å². The van der Waals surface area contributed by atoms with Crippen molar-refractivity contribution in [2.24, 2.45) is 0 Å². The van der Waals surface area contributed by atoms with Crippen LogP contribution >= 0.6 is 0 Å². The largest absolute Gasteiger partial charge is 0.0654 e. The zero-order chi connectivity index (χ0) is 19.7. The predicted octanol–water partition coefficient (Wildman–Crippen LogP) is 8.99. The van der Waals surface area contributed by atoms with E-state index >= 15 is 0 Å². The Morgan fingerprint density at radius 3 is 1.29 bits per heavy atom. The Balaban J connectivity index is 0.000000233. The van der Waals surface area contributed by atoms with Gasteiger partial charge in [0.25, 0.3) is 0 Å². The lowest BCUT2D eigenvalue weighted by atomic mass is 10.0. The zero-order valence-electron chi connectivity index (χ0n) is 17.8. The monoisotopic (exact) mass is 374 g/mol. The maximum atomic E-state index is 2.28. The van der Waals surface area contributed by atoms with Crippen molar-refractivity contribution in [1.82, 2.24) is 0 Å². The van der Waals surface area contributed by atoms with Crippen LogP contribution in [0, 0.1) is 0 Å². The van der Waals surface area contributed by atoms with Crippen molar-refractivity contribution in [1.29, 1.82) is 0 Å². The van der Waals surface area contributed by atoms with Gasteiger partial charge in [-0.1, -0.05) is 144 Å². The lowest BCUT2D eigenvalue weighted by Crippen LogP contribution is -1.86. The summed E-state index contributed by atoms with van der Waals surface area (Å²) in [7, 11) is 0. The molecule has 0 saturated carbocycles. The van der Waals surface area contributed by atoms with E-state index in [0.717, 1.165) is 0 Å². The third-order valence-electron chi connectivity index (χ3n) is 5.32. The van der Waals surface area contributed by atoms with Crippen LogP contribution < -0.4 is 0 Å². The Kier molecular flexibility index (Phi) is 11.8. The first-order valence-electron chi connectivity index (χ1n) is 11.4. The van der Waals surface area contributed by atoms with E-state index in [4.69, 9.17) is 0 Å². The Hall–Kier alpha value is -2.08. The first-order chi connectivity index (χ1) is 13.9. The molecule has 0 aromatic heterocycles. The number of aryl methyl sites for hydroxylation is 1. The van der Waals surface area contributed by atoms with Gasteiger partial charge in [0, 0.05) is 0 Å². The number of rotatable bonds is 11. The molecule has 0 heteroatoms. The van der Waals surface area contributed by atoms with E-state index in [1.54, 1.807) is 0 Å². The summed E-state index contributed by atoms with van der Waals surface area (Å²) in [5.41, 5.74) is 1.50. The molecule has 150 valence electrons. The van der Waals surface area contributed by atoms with Gasteiger partial charge in [-0.05, 0) is 29.2 Å². The van der Waals surface area contributed by atoms with Crippen LogP contribution in [0.1, 0.15) is 76.7 Å². The van der Waals surface area contributed by atoms with Gasteiger partial charge in [0.15, 0.2) is 0 Å². The molecule has 0 N–H and O–H groups in total. The number of hydrogen-bond acceptors (Lipinski definition) is 0. The van der Waals surface area contributed by atoms with Crippen molar-refractivity contribution >= 4 is 10.8 Å². The van der Waals surface area contributed by atoms with Crippen LogP contribution in [0.5, 0.6) is 0 Å². The summed E-state index contributed by atoms with van der Waals surface area (Å²) in [6.45, 7) is 2.28. The third kappa shape index (κ3) is 9.74. The van der Waals surface area contributed by atoms with E-state index in [-0.39, 0.29) is 0 Å². The molecule has 0 heterocycles. The summed E-state index contributed by atoms with van der Waals surface area (Å²) in [6.07, 6.45) is 15.5. The molecule has 0 aliphatic heterocycles. The van der Waals surface area contributed by atoms with Crippen LogP contribution in [-0.4, -0.2) is 0 Å². The molecule has 3 aromatic rings.